The second-order valence-corrected chi connectivity index (χ2v) is 8.26. The van der Waals surface area contributed by atoms with Crippen LogP contribution in [-0.4, -0.2) is 32.0 Å². The smallest absolute Gasteiger partial charge is 0.155 e. The first-order valence-electron chi connectivity index (χ1n) is 6.56. The molecule has 1 N–H and O–H groups in total. The molecular formula is C12H21NO2S. The zero-order chi connectivity index (χ0) is 11.2. The quantitative estimate of drug-likeness (QED) is 0.701. The Morgan fingerprint density at radius 1 is 1.12 bits per heavy atom. The number of hydrogen-bond acceptors (Lipinski definition) is 3. The second-order valence-electron chi connectivity index (χ2n) is 5.92. The summed E-state index contributed by atoms with van der Waals surface area (Å²) in [5.41, 5.74) is 0.396. The van der Waals surface area contributed by atoms with E-state index < -0.39 is 9.84 Å². The minimum atomic E-state index is -2.81. The van der Waals surface area contributed by atoms with E-state index in [4.69, 9.17) is 0 Å². The fourth-order valence-corrected chi connectivity index (χ4v) is 6.09. The summed E-state index contributed by atoms with van der Waals surface area (Å²) >= 11 is 0. The molecule has 4 heteroatoms. The van der Waals surface area contributed by atoms with Gasteiger partial charge in [0.25, 0.3) is 0 Å². The van der Waals surface area contributed by atoms with Gasteiger partial charge in [-0.2, -0.15) is 0 Å². The predicted octanol–water partition coefficient (Wildman–Crippen LogP) is 1.49. The van der Waals surface area contributed by atoms with Gasteiger partial charge in [0, 0.05) is 12.6 Å². The molecule has 2 aliphatic carbocycles. The van der Waals surface area contributed by atoms with Gasteiger partial charge >= 0.3 is 0 Å². The molecule has 2 atom stereocenters. The third-order valence-electron chi connectivity index (χ3n) is 4.99. The molecule has 1 saturated heterocycles. The van der Waals surface area contributed by atoms with E-state index in [0.717, 1.165) is 12.8 Å². The molecule has 92 valence electrons. The summed E-state index contributed by atoms with van der Waals surface area (Å²) in [6, 6.07) is 0.255. The molecule has 3 rings (SSSR count). The Hall–Kier alpha value is -0.0900. The van der Waals surface area contributed by atoms with Crippen molar-refractivity contribution in [3.63, 3.8) is 0 Å². The molecule has 1 spiro atoms. The van der Waals surface area contributed by atoms with Crippen molar-refractivity contribution in [1.29, 1.82) is 0 Å². The van der Waals surface area contributed by atoms with Crippen molar-refractivity contribution in [1.82, 2.24) is 5.32 Å². The molecule has 3 fully saturated rings. The van der Waals surface area contributed by atoms with Crippen LogP contribution in [0.15, 0.2) is 0 Å². The van der Waals surface area contributed by atoms with E-state index in [9.17, 15) is 8.42 Å². The summed E-state index contributed by atoms with van der Waals surface area (Å²) < 4.78 is 24.2. The monoisotopic (exact) mass is 243 g/mol. The standard InChI is InChI=1S/C12H21NO2S/c14-16(15)8-7-13-10-3-6-12(9-11(10)16)4-1-2-5-12/h10-11,13H,1-9H2. The lowest BCUT2D eigenvalue weighted by atomic mass is 9.71. The SMILES string of the molecule is O=S1(=O)CCNC2CCC3(CCCC3)CC21. The Labute approximate surface area is 97.9 Å². The first kappa shape index (κ1) is 11.0. The van der Waals surface area contributed by atoms with Crippen molar-refractivity contribution in [2.24, 2.45) is 5.41 Å². The second kappa shape index (κ2) is 3.70. The van der Waals surface area contributed by atoms with Crippen LogP contribution in [-0.2, 0) is 9.84 Å². The Bertz CT molecular complexity index is 370. The van der Waals surface area contributed by atoms with Gasteiger partial charge < -0.3 is 5.32 Å². The molecule has 0 aromatic rings. The van der Waals surface area contributed by atoms with Crippen molar-refractivity contribution >= 4 is 9.84 Å². The number of hydrogen-bond donors (Lipinski definition) is 1. The zero-order valence-electron chi connectivity index (χ0n) is 9.74. The number of nitrogens with one attached hydrogen (secondary N) is 1. The van der Waals surface area contributed by atoms with Crippen LogP contribution < -0.4 is 5.32 Å². The lowest BCUT2D eigenvalue weighted by Crippen LogP contribution is -2.56. The summed E-state index contributed by atoms with van der Waals surface area (Å²) in [5, 5.41) is 3.33. The van der Waals surface area contributed by atoms with Crippen molar-refractivity contribution < 1.29 is 8.42 Å². The largest absolute Gasteiger partial charge is 0.312 e. The third kappa shape index (κ3) is 1.70. The van der Waals surface area contributed by atoms with E-state index in [1.54, 1.807) is 0 Å². The lowest BCUT2D eigenvalue weighted by Gasteiger charge is -2.44. The average Bonchev–Trinajstić information content (AvgIpc) is 2.68. The van der Waals surface area contributed by atoms with Gasteiger partial charge in [-0.25, -0.2) is 8.42 Å². The van der Waals surface area contributed by atoms with Crippen LogP contribution in [0.5, 0.6) is 0 Å². The maximum Gasteiger partial charge on any atom is 0.155 e. The predicted molar refractivity (Wildman–Crippen MR) is 64.1 cm³/mol. The fourth-order valence-electron chi connectivity index (χ4n) is 4.05. The highest BCUT2D eigenvalue weighted by Gasteiger charge is 2.48. The summed E-state index contributed by atoms with van der Waals surface area (Å²) in [6.07, 6.45) is 8.42. The normalized spacial score (nSPS) is 40.8. The molecule has 0 bridgehead atoms. The van der Waals surface area contributed by atoms with Crippen LogP contribution in [0.3, 0.4) is 0 Å². The van der Waals surface area contributed by atoms with E-state index in [2.05, 4.69) is 5.32 Å². The van der Waals surface area contributed by atoms with Gasteiger partial charge in [-0.1, -0.05) is 12.8 Å². The first-order chi connectivity index (χ1) is 7.61. The minimum absolute atomic E-state index is 0.0758. The molecule has 16 heavy (non-hydrogen) atoms. The first-order valence-corrected chi connectivity index (χ1v) is 8.28. The summed E-state index contributed by atoms with van der Waals surface area (Å²) in [4.78, 5) is 0. The Kier molecular flexibility index (Phi) is 2.55. The topological polar surface area (TPSA) is 46.2 Å². The third-order valence-corrected chi connectivity index (χ3v) is 7.18. The molecule has 2 saturated carbocycles. The van der Waals surface area contributed by atoms with Gasteiger partial charge in [0.15, 0.2) is 9.84 Å². The highest BCUT2D eigenvalue weighted by Crippen LogP contribution is 2.50. The average molecular weight is 243 g/mol. The number of fused-ring (bicyclic) bond motifs is 1. The lowest BCUT2D eigenvalue weighted by molar-refractivity contribution is 0.168. The summed E-state index contributed by atoms with van der Waals surface area (Å²) in [5.74, 6) is 0.351. The van der Waals surface area contributed by atoms with Gasteiger partial charge in [-0.3, -0.25) is 0 Å². The minimum Gasteiger partial charge on any atom is -0.312 e. The van der Waals surface area contributed by atoms with Gasteiger partial charge in [0.05, 0.1) is 11.0 Å². The molecule has 2 unspecified atom stereocenters. The molecule has 0 aromatic carbocycles. The van der Waals surface area contributed by atoms with Crippen molar-refractivity contribution in [3.8, 4) is 0 Å². The Balaban J connectivity index is 1.85. The van der Waals surface area contributed by atoms with E-state index >= 15 is 0 Å². The van der Waals surface area contributed by atoms with Crippen LogP contribution in [0, 0.1) is 5.41 Å². The Morgan fingerprint density at radius 3 is 2.62 bits per heavy atom. The number of sulfone groups is 1. The highest BCUT2D eigenvalue weighted by atomic mass is 32.2. The number of rotatable bonds is 0. The molecule has 3 nitrogen and oxygen atoms in total. The molecule has 0 aromatic heterocycles. The molecule has 3 aliphatic rings. The van der Waals surface area contributed by atoms with E-state index in [1.807, 2.05) is 0 Å². The van der Waals surface area contributed by atoms with E-state index in [0.29, 0.717) is 17.7 Å². The van der Waals surface area contributed by atoms with Gasteiger partial charge in [0.1, 0.15) is 0 Å². The van der Waals surface area contributed by atoms with Crippen LogP contribution >= 0.6 is 0 Å². The molecular weight excluding hydrogens is 222 g/mol. The Morgan fingerprint density at radius 2 is 1.88 bits per heavy atom. The molecule has 1 heterocycles. The van der Waals surface area contributed by atoms with Crippen molar-refractivity contribution in [3.05, 3.63) is 0 Å². The molecule has 0 radical (unpaired) electrons. The van der Waals surface area contributed by atoms with Crippen LogP contribution in [0.2, 0.25) is 0 Å². The molecule has 0 amide bonds. The van der Waals surface area contributed by atoms with Crippen molar-refractivity contribution in [2.45, 2.75) is 56.2 Å². The van der Waals surface area contributed by atoms with Crippen LogP contribution in [0.1, 0.15) is 44.9 Å². The van der Waals surface area contributed by atoms with Crippen LogP contribution in [0.4, 0.5) is 0 Å². The van der Waals surface area contributed by atoms with Crippen molar-refractivity contribution in [2.75, 3.05) is 12.3 Å². The highest BCUT2D eigenvalue weighted by molar-refractivity contribution is 7.92. The summed E-state index contributed by atoms with van der Waals surface area (Å²) in [6.45, 7) is 0.663. The van der Waals surface area contributed by atoms with E-state index in [-0.39, 0.29) is 11.3 Å². The maximum absolute atomic E-state index is 12.1. The maximum atomic E-state index is 12.1. The van der Waals surface area contributed by atoms with Crippen LogP contribution in [0.25, 0.3) is 0 Å². The zero-order valence-corrected chi connectivity index (χ0v) is 10.6. The van der Waals surface area contributed by atoms with E-state index in [1.165, 1.54) is 32.1 Å². The fraction of sp³-hybridized carbons (Fsp3) is 1.00. The van der Waals surface area contributed by atoms with Gasteiger partial charge in [-0.05, 0) is 37.5 Å². The van der Waals surface area contributed by atoms with Gasteiger partial charge in [-0.15, -0.1) is 0 Å². The van der Waals surface area contributed by atoms with Gasteiger partial charge in [0.2, 0.25) is 0 Å². The summed E-state index contributed by atoms with van der Waals surface area (Å²) in [7, 11) is -2.81. The molecule has 1 aliphatic heterocycles.